The van der Waals surface area contributed by atoms with Gasteiger partial charge in [0.25, 0.3) is 5.91 Å². The van der Waals surface area contributed by atoms with Crippen molar-refractivity contribution < 1.29 is 9.59 Å². The average molecular weight is 436 g/mol. The van der Waals surface area contributed by atoms with Crippen LogP contribution in [-0.4, -0.2) is 44.2 Å². The van der Waals surface area contributed by atoms with Crippen LogP contribution in [0.15, 0.2) is 36.5 Å². The first-order valence-corrected chi connectivity index (χ1v) is 11.5. The van der Waals surface area contributed by atoms with Crippen molar-refractivity contribution in [3.63, 3.8) is 0 Å². The van der Waals surface area contributed by atoms with Crippen molar-refractivity contribution in [2.75, 3.05) is 18.4 Å². The molecule has 7 nitrogen and oxygen atoms in total. The van der Waals surface area contributed by atoms with Gasteiger partial charge in [0.05, 0.1) is 5.54 Å². The van der Waals surface area contributed by atoms with Gasteiger partial charge in [-0.05, 0) is 77.8 Å². The summed E-state index contributed by atoms with van der Waals surface area (Å²) in [6.07, 6.45) is 4.24. The molecule has 32 heavy (non-hydrogen) atoms. The smallest absolute Gasteiger partial charge is 0.276 e. The van der Waals surface area contributed by atoms with E-state index < -0.39 is 0 Å². The lowest BCUT2D eigenvalue weighted by Gasteiger charge is -2.22. The summed E-state index contributed by atoms with van der Waals surface area (Å²) in [5.41, 5.74) is 3.11. The van der Waals surface area contributed by atoms with Crippen LogP contribution >= 0.6 is 0 Å². The van der Waals surface area contributed by atoms with Gasteiger partial charge < -0.3 is 14.8 Å². The van der Waals surface area contributed by atoms with Crippen molar-refractivity contribution in [2.24, 2.45) is 0 Å². The summed E-state index contributed by atoms with van der Waals surface area (Å²) in [4.78, 5) is 27.2. The Bertz CT molecular complexity index is 1140. The Hall–Kier alpha value is -3.09. The molecule has 1 aromatic carbocycles. The molecule has 2 heterocycles. The van der Waals surface area contributed by atoms with Gasteiger partial charge in [-0.3, -0.25) is 14.3 Å². The fourth-order valence-corrected chi connectivity index (χ4v) is 4.15. The predicted octanol–water partition coefficient (Wildman–Crippen LogP) is 4.59. The lowest BCUT2D eigenvalue weighted by molar-refractivity contribution is -0.131. The number of hydrogen-bond donors (Lipinski definition) is 1. The molecule has 1 aliphatic carbocycles. The Morgan fingerprint density at radius 3 is 2.47 bits per heavy atom. The molecule has 0 atom stereocenters. The maximum atomic E-state index is 12.9. The zero-order valence-electron chi connectivity index (χ0n) is 19.7. The molecular formula is C25H33N5O2. The number of benzene rings is 1. The lowest BCUT2D eigenvalue weighted by Crippen LogP contribution is -2.33. The van der Waals surface area contributed by atoms with Gasteiger partial charge in [0, 0.05) is 47.5 Å². The lowest BCUT2D eigenvalue weighted by atomic mass is 10.1. The van der Waals surface area contributed by atoms with E-state index in [1.54, 1.807) is 0 Å². The molecule has 3 aromatic rings. The predicted molar refractivity (Wildman–Crippen MR) is 127 cm³/mol. The first-order chi connectivity index (χ1) is 15.2. The highest BCUT2D eigenvalue weighted by Gasteiger charge is 2.32. The summed E-state index contributed by atoms with van der Waals surface area (Å²) in [7, 11) is 0. The molecule has 1 saturated carbocycles. The van der Waals surface area contributed by atoms with E-state index in [2.05, 4.69) is 31.2 Å². The number of nitrogens with zero attached hydrogens (tertiary/aromatic N) is 4. The molecule has 0 spiro atoms. The van der Waals surface area contributed by atoms with E-state index in [4.69, 9.17) is 0 Å². The summed E-state index contributed by atoms with van der Waals surface area (Å²) in [6, 6.07) is 9.67. The molecule has 7 heteroatoms. The van der Waals surface area contributed by atoms with Crippen molar-refractivity contribution in [1.82, 2.24) is 19.2 Å². The fourth-order valence-electron chi connectivity index (χ4n) is 4.15. The molecule has 1 fully saturated rings. The standard InChI is InChI=1S/C25H33N5O2/c1-6-28(7-2)23(31)16-29-13-12-18-14-19(10-11-21(18)29)26-24(32)20-15-22(17-8-9-17)30(27-20)25(3,4)5/h10-15,17H,6-9,16H2,1-5H3,(H,26,32). The van der Waals surface area contributed by atoms with Crippen molar-refractivity contribution in [2.45, 2.75) is 65.5 Å². The highest BCUT2D eigenvalue weighted by molar-refractivity contribution is 6.04. The maximum absolute atomic E-state index is 12.9. The third kappa shape index (κ3) is 4.42. The molecule has 1 aliphatic rings. The zero-order chi connectivity index (χ0) is 23.0. The van der Waals surface area contributed by atoms with Crippen LogP contribution in [0.5, 0.6) is 0 Å². The number of anilines is 1. The number of aromatic nitrogens is 3. The Morgan fingerprint density at radius 1 is 1.12 bits per heavy atom. The van der Waals surface area contributed by atoms with Crippen LogP contribution in [0.2, 0.25) is 0 Å². The molecule has 2 amide bonds. The molecule has 4 rings (SSSR count). The number of nitrogens with one attached hydrogen (secondary N) is 1. The minimum atomic E-state index is -0.203. The second-order valence-electron chi connectivity index (χ2n) is 9.55. The molecule has 2 aromatic heterocycles. The van der Waals surface area contributed by atoms with Gasteiger partial charge >= 0.3 is 0 Å². The largest absolute Gasteiger partial charge is 0.342 e. The SMILES string of the molecule is CCN(CC)C(=O)Cn1ccc2cc(NC(=O)c3cc(C4CC4)n(C(C)(C)C)n3)ccc21. The molecule has 0 aliphatic heterocycles. The average Bonchev–Trinajstić information content (AvgIpc) is 3.35. The quantitative estimate of drug-likeness (QED) is 0.590. The Labute approximate surface area is 189 Å². The second kappa shape index (κ2) is 8.45. The summed E-state index contributed by atoms with van der Waals surface area (Å²) < 4.78 is 3.95. The van der Waals surface area contributed by atoms with Crippen molar-refractivity contribution >= 4 is 28.4 Å². The first-order valence-electron chi connectivity index (χ1n) is 11.5. The molecule has 0 saturated heterocycles. The van der Waals surface area contributed by atoms with Gasteiger partial charge in [-0.1, -0.05) is 0 Å². The van der Waals surface area contributed by atoms with Crippen LogP contribution in [0, 0.1) is 0 Å². The van der Waals surface area contributed by atoms with Gasteiger partial charge in [-0.15, -0.1) is 0 Å². The summed E-state index contributed by atoms with van der Waals surface area (Å²) in [5, 5.41) is 8.60. The number of amides is 2. The van der Waals surface area contributed by atoms with Crippen LogP contribution in [-0.2, 0) is 16.9 Å². The van der Waals surface area contributed by atoms with Crippen LogP contribution in [0.4, 0.5) is 5.69 Å². The van der Waals surface area contributed by atoms with Crippen LogP contribution in [0.25, 0.3) is 10.9 Å². The first kappa shape index (κ1) is 22.1. The molecular weight excluding hydrogens is 402 g/mol. The van der Waals surface area contributed by atoms with Crippen molar-refractivity contribution in [1.29, 1.82) is 0 Å². The van der Waals surface area contributed by atoms with E-state index >= 15 is 0 Å². The highest BCUT2D eigenvalue weighted by atomic mass is 16.2. The number of fused-ring (bicyclic) bond motifs is 1. The minimum absolute atomic E-state index is 0.103. The van der Waals surface area contributed by atoms with Gasteiger partial charge in [0.1, 0.15) is 6.54 Å². The molecule has 0 bridgehead atoms. The zero-order valence-corrected chi connectivity index (χ0v) is 19.7. The van der Waals surface area contributed by atoms with E-state index in [9.17, 15) is 9.59 Å². The number of likely N-dealkylation sites (N-methyl/N-ethyl adjacent to an activating group) is 1. The molecule has 0 radical (unpaired) electrons. The third-order valence-corrected chi connectivity index (χ3v) is 6.05. The summed E-state index contributed by atoms with van der Waals surface area (Å²) in [6.45, 7) is 12.0. The minimum Gasteiger partial charge on any atom is -0.342 e. The fraction of sp³-hybridized carbons (Fsp3) is 0.480. The Balaban J connectivity index is 1.52. The number of rotatable bonds is 7. The van der Waals surface area contributed by atoms with Crippen LogP contribution < -0.4 is 5.32 Å². The molecule has 170 valence electrons. The van der Waals surface area contributed by atoms with Gasteiger partial charge in [-0.25, -0.2) is 0 Å². The Morgan fingerprint density at radius 2 is 1.84 bits per heavy atom. The molecule has 1 N–H and O–H groups in total. The van der Waals surface area contributed by atoms with Gasteiger partial charge in [0.15, 0.2) is 5.69 Å². The highest BCUT2D eigenvalue weighted by Crippen LogP contribution is 2.41. The maximum Gasteiger partial charge on any atom is 0.276 e. The van der Waals surface area contributed by atoms with Gasteiger partial charge in [0.2, 0.25) is 5.91 Å². The van der Waals surface area contributed by atoms with Crippen molar-refractivity contribution in [3.05, 3.63) is 47.9 Å². The van der Waals surface area contributed by atoms with E-state index in [0.29, 0.717) is 36.9 Å². The Kier molecular flexibility index (Phi) is 5.84. The van der Waals surface area contributed by atoms with Crippen LogP contribution in [0.1, 0.15) is 69.6 Å². The number of carbonyl (C=O) groups is 2. The van der Waals surface area contributed by atoms with E-state index in [1.807, 2.05) is 64.5 Å². The van der Waals surface area contributed by atoms with E-state index in [0.717, 1.165) is 29.4 Å². The van der Waals surface area contributed by atoms with Crippen LogP contribution in [0.3, 0.4) is 0 Å². The second-order valence-corrected chi connectivity index (χ2v) is 9.55. The van der Waals surface area contributed by atoms with Crippen molar-refractivity contribution in [3.8, 4) is 0 Å². The van der Waals surface area contributed by atoms with E-state index in [-0.39, 0.29) is 17.4 Å². The van der Waals surface area contributed by atoms with E-state index in [1.165, 1.54) is 0 Å². The summed E-state index contributed by atoms with van der Waals surface area (Å²) in [5.74, 6) is 0.412. The number of carbonyl (C=O) groups excluding carboxylic acids is 2. The number of hydrogen-bond acceptors (Lipinski definition) is 3. The summed E-state index contributed by atoms with van der Waals surface area (Å²) >= 11 is 0. The third-order valence-electron chi connectivity index (χ3n) is 6.05. The topological polar surface area (TPSA) is 72.2 Å². The normalized spacial score (nSPS) is 14.0. The van der Waals surface area contributed by atoms with Gasteiger partial charge in [-0.2, -0.15) is 5.10 Å². The molecule has 0 unspecified atom stereocenters. The monoisotopic (exact) mass is 435 g/mol.